The van der Waals surface area contributed by atoms with Crippen molar-refractivity contribution in [1.82, 2.24) is 0 Å². The Kier molecular flexibility index (Phi) is 15.5. The first kappa shape index (κ1) is 30.9. The van der Waals surface area contributed by atoms with Gasteiger partial charge in [-0.2, -0.15) is 0 Å². The lowest BCUT2D eigenvalue weighted by atomic mass is 9.61. The van der Waals surface area contributed by atoms with Gasteiger partial charge in [0.25, 0.3) is 0 Å². The standard InChI is InChI=1S/C18H32O3.C11H16O/c1-8-10-11-12-17(4,5)16(14(3)21-9-2)18(6,7)13-15(19)20;12-10-6-2-5-9-11-7-3-1-4-8-11/h8,16H,1,3,9-13H2,2,4-7H3,(H,19,20);1,3-4,7-8,12H,2,5-6,9-10H2. The molecular weight excluding hydrogens is 412 g/mol. The van der Waals surface area contributed by atoms with E-state index in [4.69, 9.17) is 9.84 Å². The van der Waals surface area contributed by atoms with Gasteiger partial charge in [0.05, 0.1) is 18.8 Å². The number of rotatable bonds is 16. The minimum atomic E-state index is -0.781. The van der Waals surface area contributed by atoms with E-state index in [1.807, 2.05) is 32.9 Å². The van der Waals surface area contributed by atoms with E-state index in [2.05, 4.69) is 51.3 Å². The highest BCUT2D eigenvalue weighted by Gasteiger charge is 2.44. The molecule has 0 spiro atoms. The number of carbonyl (C=O) groups is 1. The van der Waals surface area contributed by atoms with Gasteiger partial charge in [-0.05, 0) is 61.8 Å². The molecule has 4 heteroatoms. The fourth-order valence-corrected chi connectivity index (χ4v) is 4.80. The molecule has 4 nitrogen and oxygen atoms in total. The Morgan fingerprint density at radius 2 is 1.70 bits per heavy atom. The number of aryl methyl sites for hydroxylation is 1. The summed E-state index contributed by atoms with van der Waals surface area (Å²) in [6, 6.07) is 10.5. The first-order chi connectivity index (χ1) is 15.5. The Labute approximate surface area is 202 Å². The third-order valence-electron chi connectivity index (χ3n) is 6.02. The minimum absolute atomic E-state index is 0.00846. The zero-order valence-electron chi connectivity index (χ0n) is 21.7. The molecule has 1 atom stereocenters. The number of ether oxygens (including phenoxy) is 1. The molecule has 0 aliphatic carbocycles. The van der Waals surface area contributed by atoms with Gasteiger partial charge in [-0.3, -0.25) is 4.79 Å². The van der Waals surface area contributed by atoms with Crippen LogP contribution in [-0.2, 0) is 16.0 Å². The Balaban J connectivity index is 0.000000716. The number of aliphatic carboxylic acids is 1. The number of carboxylic acids is 1. The summed E-state index contributed by atoms with van der Waals surface area (Å²) in [5, 5.41) is 17.8. The van der Waals surface area contributed by atoms with Gasteiger partial charge < -0.3 is 14.9 Å². The van der Waals surface area contributed by atoms with Gasteiger partial charge in [-0.25, -0.2) is 0 Å². The highest BCUT2D eigenvalue weighted by Crippen LogP contribution is 2.49. The summed E-state index contributed by atoms with van der Waals surface area (Å²) in [4.78, 5) is 11.2. The number of hydrogen-bond donors (Lipinski definition) is 2. The number of carboxylic acid groups (broad SMARTS) is 1. The third kappa shape index (κ3) is 13.3. The zero-order chi connectivity index (χ0) is 25.3. The Morgan fingerprint density at radius 3 is 2.21 bits per heavy atom. The van der Waals surface area contributed by atoms with Crippen molar-refractivity contribution < 1.29 is 19.7 Å². The van der Waals surface area contributed by atoms with E-state index in [9.17, 15) is 9.90 Å². The molecule has 1 aromatic carbocycles. The van der Waals surface area contributed by atoms with E-state index < -0.39 is 11.4 Å². The number of benzene rings is 1. The van der Waals surface area contributed by atoms with Gasteiger partial charge in [-0.15, -0.1) is 6.58 Å². The van der Waals surface area contributed by atoms with Gasteiger partial charge >= 0.3 is 5.97 Å². The van der Waals surface area contributed by atoms with Crippen LogP contribution in [0.1, 0.15) is 85.1 Å². The van der Waals surface area contributed by atoms with E-state index in [1.165, 1.54) is 12.0 Å². The first-order valence-corrected chi connectivity index (χ1v) is 12.3. The third-order valence-corrected chi connectivity index (χ3v) is 6.02. The smallest absolute Gasteiger partial charge is 0.303 e. The Hall–Kier alpha value is -2.07. The number of hydrogen-bond acceptors (Lipinski definition) is 3. The van der Waals surface area contributed by atoms with Gasteiger partial charge in [0.2, 0.25) is 0 Å². The van der Waals surface area contributed by atoms with Gasteiger partial charge in [0.1, 0.15) is 0 Å². The molecule has 0 amide bonds. The van der Waals surface area contributed by atoms with Crippen molar-refractivity contribution >= 4 is 5.97 Å². The van der Waals surface area contributed by atoms with Crippen molar-refractivity contribution in [2.45, 2.75) is 86.0 Å². The summed E-state index contributed by atoms with van der Waals surface area (Å²) in [6.45, 7) is 19.0. The second-order valence-corrected chi connectivity index (χ2v) is 10.1. The molecule has 0 heterocycles. The summed E-state index contributed by atoms with van der Waals surface area (Å²) < 4.78 is 5.66. The predicted octanol–water partition coefficient (Wildman–Crippen LogP) is 7.43. The zero-order valence-corrected chi connectivity index (χ0v) is 21.7. The maximum Gasteiger partial charge on any atom is 0.303 e. The predicted molar refractivity (Wildman–Crippen MR) is 139 cm³/mol. The van der Waals surface area contributed by atoms with E-state index >= 15 is 0 Å². The molecule has 2 N–H and O–H groups in total. The molecule has 0 fully saturated rings. The lowest BCUT2D eigenvalue weighted by molar-refractivity contribution is -0.141. The topological polar surface area (TPSA) is 66.8 Å². The monoisotopic (exact) mass is 460 g/mol. The highest BCUT2D eigenvalue weighted by molar-refractivity contribution is 5.67. The average molecular weight is 461 g/mol. The van der Waals surface area contributed by atoms with Crippen molar-refractivity contribution in [2.24, 2.45) is 16.7 Å². The van der Waals surface area contributed by atoms with Crippen LogP contribution >= 0.6 is 0 Å². The maximum atomic E-state index is 11.2. The second kappa shape index (κ2) is 16.5. The summed E-state index contributed by atoms with van der Waals surface area (Å²) in [5.41, 5.74) is 0.916. The molecule has 1 unspecified atom stereocenters. The summed E-state index contributed by atoms with van der Waals surface area (Å²) in [6.07, 6.45) is 9.41. The van der Waals surface area contributed by atoms with Crippen LogP contribution in [0, 0.1) is 16.7 Å². The van der Waals surface area contributed by atoms with Crippen LogP contribution in [0.3, 0.4) is 0 Å². The number of aliphatic hydroxyl groups excluding tert-OH is 1. The normalized spacial score (nSPS) is 12.3. The van der Waals surface area contributed by atoms with Crippen molar-refractivity contribution in [3.05, 3.63) is 60.9 Å². The van der Waals surface area contributed by atoms with E-state index in [-0.39, 0.29) is 17.8 Å². The van der Waals surface area contributed by atoms with E-state index in [1.54, 1.807) is 0 Å². The van der Waals surface area contributed by atoms with Crippen LogP contribution in [0.5, 0.6) is 0 Å². The summed E-state index contributed by atoms with van der Waals surface area (Å²) in [7, 11) is 0. The van der Waals surface area contributed by atoms with Crippen LogP contribution in [0.2, 0.25) is 0 Å². The SMILES string of the molecule is C=CCCCC(C)(C)C(C(=C)OCC)C(C)(C)CC(=O)O.OCCCCCc1ccccc1. The molecule has 33 heavy (non-hydrogen) atoms. The van der Waals surface area contributed by atoms with Crippen LogP contribution in [-0.4, -0.2) is 29.4 Å². The molecule has 1 aromatic rings. The molecule has 0 saturated carbocycles. The molecular formula is C29H48O4. The van der Waals surface area contributed by atoms with Crippen molar-refractivity contribution in [2.75, 3.05) is 13.2 Å². The number of aliphatic hydroxyl groups is 1. The maximum absolute atomic E-state index is 11.2. The van der Waals surface area contributed by atoms with Crippen molar-refractivity contribution in [1.29, 1.82) is 0 Å². The molecule has 188 valence electrons. The summed E-state index contributed by atoms with van der Waals surface area (Å²) >= 11 is 0. The van der Waals surface area contributed by atoms with Crippen LogP contribution < -0.4 is 0 Å². The highest BCUT2D eigenvalue weighted by atomic mass is 16.5. The van der Waals surface area contributed by atoms with Gasteiger partial charge in [0.15, 0.2) is 0 Å². The lowest BCUT2D eigenvalue weighted by Crippen LogP contribution is -2.39. The van der Waals surface area contributed by atoms with Crippen LogP contribution in [0.4, 0.5) is 0 Å². The average Bonchev–Trinajstić information content (AvgIpc) is 2.71. The molecule has 0 radical (unpaired) electrons. The molecule has 0 aliphatic heterocycles. The fraction of sp³-hybridized carbons (Fsp3) is 0.621. The van der Waals surface area contributed by atoms with Crippen LogP contribution in [0.25, 0.3) is 0 Å². The fourth-order valence-electron chi connectivity index (χ4n) is 4.80. The first-order valence-electron chi connectivity index (χ1n) is 12.3. The Bertz CT molecular complexity index is 676. The van der Waals surface area contributed by atoms with Gasteiger partial charge in [0, 0.05) is 12.5 Å². The number of allylic oxidation sites excluding steroid dienone is 2. The lowest BCUT2D eigenvalue weighted by Gasteiger charge is -2.44. The van der Waals surface area contributed by atoms with E-state index in [0.29, 0.717) is 19.0 Å². The van der Waals surface area contributed by atoms with Crippen molar-refractivity contribution in [3.8, 4) is 0 Å². The number of unbranched alkanes of at least 4 members (excludes halogenated alkanes) is 3. The largest absolute Gasteiger partial charge is 0.499 e. The quantitative estimate of drug-likeness (QED) is 0.153. The molecule has 0 aromatic heterocycles. The second-order valence-electron chi connectivity index (χ2n) is 10.1. The van der Waals surface area contributed by atoms with Crippen molar-refractivity contribution in [3.63, 3.8) is 0 Å². The minimum Gasteiger partial charge on any atom is -0.499 e. The molecule has 0 saturated heterocycles. The summed E-state index contributed by atoms with van der Waals surface area (Å²) in [5.74, 6) is -0.0885. The van der Waals surface area contributed by atoms with E-state index in [0.717, 1.165) is 38.5 Å². The molecule has 0 aliphatic rings. The molecule has 1 rings (SSSR count). The Morgan fingerprint density at radius 1 is 1.06 bits per heavy atom. The van der Waals surface area contributed by atoms with Gasteiger partial charge in [-0.1, -0.05) is 77.1 Å². The molecule has 0 bridgehead atoms. The van der Waals surface area contributed by atoms with Crippen LogP contribution in [0.15, 0.2) is 55.3 Å².